The molecule has 15 heavy (non-hydrogen) atoms. The molecule has 0 spiro atoms. The highest BCUT2D eigenvalue weighted by Gasteiger charge is 2.28. The first-order valence-electron chi connectivity index (χ1n) is 5.00. The number of ether oxygens (including phenoxy) is 1. The van der Waals surface area contributed by atoms with E-state index in [0.29, 0.717) is 6.42 Å². The van der Waals surface area contributed by atoms with Gasteiger partial charge in [0.1, 0.15) is 5.78 Å². The fourth-order valence-electron chi connectivity index (χ4n) is 1.13. The zero-order valence-corrected chi connectivity index (χ0v) is 10.6. The Morgan fingerprint density at radius 1 is 1.53 bits per heavy atom. The van der Waals surface area contributed by atoms with Gasteiger partial charge in [-0.05, 0) is 19.3 Å². The molecule has 2 N–H and O–H groups in total. The average Bonchev–Trinajstić information content (AvgIpc) is 2.00. The molecule has 1 amide bonds. The highest BCUT2D eigenvalue weighted by molar-refractivity contribution is 7.57. The van der Waals surface area contributed by atoms with E-state index in [0.717, 1.165) is 0 Å². The van der Waals surface area contributed by atoms with Gasteiger partial charge in [0.15, 0.2) is 0 Å². The number of alkyl carbamates (subject to hydrolysis) is 1. The lowest BCUT2D eigenvalue weighted by molar-refractivity contribution is 0.149. The maximum atomic E-state index is 11.5. The third-order valence-corrected chi connectivity index (χ3v) is 3.33. The summed E-state index contributed by atoms with van der Waals surface area (Å²) in [6, 6.07) is 0. The molecule has 0 heterocycles. The van der Waals surface area contributed by atoms with Crippen molar-refractivity contribution in [3.63, 3.8) is 0 Å². The Balaban J connectivity index is 4.39. The van der Waals surface area contributed by atoms with E-state index in [4.69, 9.17) is 0 Å². The van der Waals surface area contributed by atoms with Crippen LogP contribution >= 0.6 is 7.37 Å². The number of carbonyl (C=O) groups is 1. The minimum absolute atomic E-state index is 0.234. The zero-order valence-electron chi connectivity index (χ0n) is 9.69. The Kier molecular flexibility index (Phi) is 5.91. The van der Waals surface area contributed by atoms with E-state index in [-0.39, 0.29) is 12.5 Å². The van der Waals surface area contributed by atoms with Crippen LogP contribution < -0.4 is 5.32 Å². The zero-order chi connectivity index (χ0) is 12.1. The number of amides is 1. The van der Waals surface area contributed by atoms with Gasteiger partial charge in [0.2, 0.25) is 7.37 Å². The van der Waals surface area contributed by atoms with Crippen LogP contribution in [0.25, 0.3) is 0 Å². The van der Waals surface area contributed by atoms with Crippen molar-refractivity contribution in [3.05, 3.63) is 0 Å². The van der Waals surface area contributed by atoms with Gasteiger partial charge in [-0.3, -0.25) is 4.57 Å². The van der Waals surface area contributed by atoms with Crippen molar-refractivity contribution in [3.8, 4) is 0 Å². The van der Waals surface area contributed by atoms with Gasteiger partial charge in [-0.15, -0.1) is 0 Å². The molecule has 0 aromatic heterocycles. The second-order valence-electron chi connectivity index (χ2n) is 3.95. The molecule has 6 heteroatoms. The van der Waals surface area contributed by atoms with Gasteiger partial charge in [0.05, 0.1) is 6.61 Å². The van der Waals surface area contributed by atoms with E-state index in [1.807, 2.05) is 13.8 Å². The number of hydrogen-bond acceptors (Lipinski definition) is 3. The summed E-state index contributed by atoms with van der Waals surface area (Å²) < 4.78 is 16.1. The van der Waals surface area contributed by atoms with Crippen LogP contribution in [0.3, 0.4) is 0 Å². The standard InChI is InChI=1S/C9H20NO4P/c1-5-14-9(11)10-8(6-7(2)3)15(4,12)13/h7-8H,5-6H2,1-4H3,(H,10,11)(H,12,13). The molecule has 0 saturated carbocycles. The Morgan fingerprint density at radius 2 is 2.07 bits per heavy atom. The van der Waals surface area contributed by atoms with Crippen molar-refractivity contribution < 1.29 is 19.0 Å². The Bertz CT molecular complexity index is 248. The molecule has 0 aliphatic carbocycles. The molecule has 5 nitrogen and oxygen atoms in total. The molecule has 0 rings (SSSR count). The van der Waals surface area contributed by atoms with Gasteiger partial charge >= 0.3 is 6.09 Å². The summed E-state index contributed by atoms with van der Waals surface area (Å²) in [6.07, 6.45) is -0.178. The predicted octanol–water partition coefficient (Wildman–Crippen LogP) is 2.00. The highest BCUT2D eigenvalue weighted by atomic mass is 31.2. The van der Waals surface area contributed by atoms with Gasteiger partial charge in [0, 0.05) is 6.66 Å². The van der Waals surface area contributed by atoms with E-state index in [1.54, 1.807) is 6.92 Å². The fraction of sp³-hybridized carbons (Fsp3) is 0.889. The van der Waals surface area contributed by atoms with Crippen LogP contribution in [0.15, 0.2) is 0 Å². The van der Waals surface area contributed by atoms with Crippen molar-refractivity contribution in [2.24, 2.45) is 5.92 Å². The van der Waals surface area contributed by atoms with Crippen LogP contribution in [-0.4, -0.2) is 30.0 Å². The molecule has 0 aliphatic rings. The highest BCUT2D eigenvalue weighted by Crippen LogP contribution is 2.43. The number of rotatable bonds is 5. The summed E-state index contributed by atoms with van der Waals surface area (Å²) in [5.74, 6) is -0.492. The van der Waals surface area contributed by atoms with Gasteiger partial charge < -0.3 is 14.9 Å². The number of nitrogens with one attached hydrogen (secondary N) is 1. The Morgan fingerprint density at radius 3 is 2.40 bits per heavy atom. The molecule has 0 saturated heterocycles. The predicted molar refractivity (Wildman–Crippen MR) is 59.2 cm³/mol. The molecule has 0 aromatic carbocycles. The van der Waals surface area contributed by atoms with Crippen LogP contribution in [0.1, 0.15) is 27.2 Å². The smallest absolute Gasteiger partial charge is 0.407 e. The normalized spacial score (nSPS) is 16.9. The number of hydrogen-bond donors (Lipinski definition) is 2. The summed E-state index contributed by atoms with van der Waals surface area (Å²) in [6.45, 7) is 7.03. The largest absolute Gasteiger partial charge is 0.450 e. The van der Waals surface area contributed by atoms with E-state index in [1.165, 1.54) is 6.66 Å². The van der Waals surface area contributed by atoms with E-state index < -0.39 is 19.2 Å². The van der Waals surface area contributed by atoms with Crippen molar-refractivity contribution in [2.45, 2.75) is 33.0 Å². The summed E-state index contributed by atoms with van der Waals surface area (Å²) in [5, 5.41) is 2.41. The molecular weight excluding hydrogens is 217 g/mol. The second-order valence-corrected chi connectivity index (χ2v) is 6.46. The van der Waals surface area contributed by atoms with Crippen LogP contribution in [0.5, 0.6) is 0 Å². The first kappa shape index (κ1) is 14.5. The first-order chi connectivity index (χ1) is 6.77. The third-order valence-electron chi connectivity index (χ3n) is 1.83. The Labute approximate surface area is 90.7 Å². The topological polar surface area (TPSA) is 75.6 Å². The Hall–Kier alpha value is -0.540. The minimum Gasteiger partial charge on any atom is -0.450 e. The SMILES string of the molecule is CCOC(=O)NC(CC(C)C)P(C)(=O)O. The lowest BCUT2D eigenvalue weighted by atomic mass is 10.1. The van der Waals surface area contributed by atoms with E-state index in [9.17, 15) is 14.3 Å². The quantitative estimate of drug-likeness (QED) is 0.717. The van der Waals surface area contributed by atoms with Gasteiger partial charge in [-0.2, -0.15) is 0 Å². The van der Waals surface area contributed by atoms with Gasteiger partial charge in [0.25, 0.3) is 0 Å². The molecule has 0 fully saturated rings. The summed E-state index contributed by atoms with van der Waals surface area (Å²) >= 11 is 0. The lowest BCUT2D eigenvalue weighted by Crippen LogP contribution is -2.36. The van der Waals surface area contributed by atoms with Crippen molar-refractivity contribution >= 4 is 13.5 Å². The van der Waals surface area contributed by atoms with E-state index >= 15 is 0 Å². The molecule has 2 unspecified atom stereocenters. The average molecular weight is 237 g/mol. The monoisotopic (exact) mass is 237 g/mol. The first-order valence-corrected chi connectivity index (χ1v) is 7.18. The van der Waals surface area contributed by atoms with Gasteiger partial charge in [-0.1, -0.05) is 13.8 Å². The van der Waals surface area contributed by atoms with E-state index in [2.05, 4.69) is 10.1 Å². The maximum Gasteiger partial charge on any atom is 0.407 e. The van der Waals surface area contributed by atoms with Gasteiger partial charge in [-0.25, -0.2) is 4.79 Å². The molecule has 0 radical (unpaired) electrons. The molecule has 90 valence electrons. The maximum absolute atomic E-state index is 11.5. The lowest BCUT2D eigenvalue weighted by Gasteiger charge is -2.22. The fourth-order valence-corrected chi connectivity index (χ4v) is 2.29. The third kappa shape index (κ3) is 6.52. The van der Waals surface area contributed by atoms with Crippen LogP contribution in [-0.2, 0) is 9.30 Å². The van der Waals surface area contributed by atoms with Crippen LogP contribution in [0, 0.1) is 5.92 Å². The molecule has 2 atom stereocenters. The van der Waals surface area contributed by atoms with Crippen molar-refractivity contribution in [1.29, 1.82) is 0 Å². The summed E-state index contributed by atoms with van der Waals surface area (Å²) in [4.78, 5) is 20.5. The molecule has 0 aliphatic heterocycles. The molecule has 0 aromatic rings. The minimum atomic E-state index is -3.32. The second kappa shape index (κ2) is 6.13. The van der Waals surface area contributed by atoms with Crippen LogP contribution in [0.4, 0.5) is 4.79 Å². The number of carbonyl (C=O) groups excluding carboxylic acids is 1. The summed E-state index contributed by atoms with van der Waals surface area (Å²) in [5.41, 5.74) is 0. The molecule has 0 bridgehead atoms. The summed E-state index contributed by atoms with van der Waals surface area (Å²) in [7, 11) is -3.32. The molecular formula is C9H20NO4P. The van der Waals surface area contributed by atoms with Crippen molar-refractivity contribution in [1.82, 2.24) is 5.32 Å². The van der Waals surface area contributed by atoms with Crippen molar-refractivity contribution in [2.75, 3.05) is 13.3 Å². The van der Waals surface area contributed by atoms with Crippen LogP contribution in [0.2, 0.25) is 0 Å².